The number of carbonyl (C=O) groups is 3. The van der Waals surface area contributed by atoms with Crippen LogP contribution in [0.15, 0.2) is 48.5 Å². The molecule has 3 rings (SSSR count). The maximum Gasteiger partial charge on any atom is 0.292 e. The lowest BCUT2D eigenvalue weighted by Crippen LogP contribution is -2.51. The molecule has 6 nitrogen and oxygen atoms in total. The largest absolute Gasteiger partial charge is 0.367 e. The molecule has 0 bridgehead atoms. The Morgan fingerprint density at radius 1 is 0.964 bits per heavy atom. The number of nitrogens with zero attached hydrogens (tertiary/aromatic N) is 2. The lowest BCUT2D eigenvalue weighted by Gasteiger charge is -2.36. The molecule has 1 aliphatic rings. The zero-order valence-corrected chi connectivity index (χ0v) is 16.4. The quantitative estimate of drug-likeness (QED) is 0.618. The van der Waals surface area contributed by atoms with Crippen LogP contribution in [-0.4, -0.2) is 55.2 Å². The summed E-state index contributed by atoms with van der Waals surface area (Å²) in [6.07, 6.45) is 0. The molecule has 0 spiro atoms. The van der Waals surface area contributed by atoms with E-state index in [4.69, 9.17) is 11.6 Å². The number of nitrogens with one attached hydrogen (secondary N) is 1. The van der Waals surface area contributed by atoms with Gasteiger partial charge in [0.15, 0.2) is 0 Å². The van der Waals surface area contributed by atoms with Crippen LogP contribution in [0.25, 0.3) is 0 Å². The van der Waals surface area contributed by atoms with E-state index in [1.165, 1.54) is 0 Å². The van der Waals surface area contributed by atoms with E-state index in [0.717, 1.165) is 11.3 Å². The van der Waals surface area contributed by atoms with Crippen LogP contribution in [0.2, 0.25) is 5.02 Å². The van der Waals surface area contributed by atoms with Crippen LogP contribution in [-0.2, 0) is 9.59 Å². The van der Waals surface area contributed by atoms with Gasteiger partial charge in [-0.1, -0.05) is 48.0 Å². The Hall–Kier alpha value is -2.86. The van der Waals surface area contributed by atoms with Gasteiger partial charge in [-0.2, -0.15) is 0 Å². The van der Waals surface area contributed by atoms with E-state index in [9.17, 15) is 14.4 Å². The van der Waals surface area contributed by atoms with Gasteiger partial charge < -0.3 is 15.1 Å². The second kappa shape index (κ2) is 8.89. The molecule has 2 aromatic carbocycles. The van der Waals surface area contributed by atoms with E-state index in [1.807, 2.05) is 24.3 Å². The molecule has 1 heterocycles. The van der Waals surface area contributed by atoms with Gasteiger partial charge in [0, 0.05) is 31.7 Å². The fraction of sp³-hybridized carbons (Fsp3) is 0.286. The van der Waals surface area contributed by atoms with Crippen molar-refractivity contribution < 1.29 is 14.4 Å². The lowest BCUT2D eigenvalue weighted by molar-refractivity contribution is -0.132. The molecule has 0 unspecified atom stereocenters. The highest BCUT2D eigenvalue weighted by molar-refractivity contribution is 6.43. The van der Waals surface area contributed by atoms with Crippen molar-refractivity contribution in [1.82, 2.24) is 10.2 Å². The van der Waals surface area contributed by atoms with Crippen LogP contribution < -0.4 is 10.2 Å². The summed E-state index contributed by atoms with van der Waals surface area (Å²) in [7, 11) is 0. The minimum atomic E-state index is -0.766. The summed E-state index contributed by atoms with van der Waals surface area (Å²) in [5.74, 6) is -1.60. The fourth-order valence-electron chi connectivity index (χ4n) is 3.20. The minimum Gasteiger partial charge on any atom is -0.367 e. The van der Waals surface area contributed by atoms with Gasteiger partial charge in [0.25, 0.3) is 5.91 Å². The van der Waals surface area contributed by atoms with Crippen molar-refractivity contribution in [3.63, 3.8) is 0 Å². The van der Waals surface area contributed by atoms with Crippen molar-refractivity contribution in [2.75, 3.05) is 37.6 Å². The minimum absolute atomic E-state index is 0.192. The van der Waals surface area contributed by atoms with Crippen molar-refractivity contribution in [3.8, 4) is 0 Å². The van der Waals surface area contributed by atoms with E-state index in [1.54, 1.807) is 36.1 Å². The van der Waals surface area contributed by atoms with Gasteiger partial charge in [-0.3, -0.25) is 14.4 Å². The summed E-state index contributed by atoms with van der Waals surface area (Å²) in [5.41, 5.74) is 2.03. The van der Waals surface area contributed by atoms with Gasteiger partial charge >= 0.3 is 0 Å². The monoisotopic (exact) mass is 399 g/mol. The third kappa shape index (κ3) is 4.51. The first-order valence-corrected chi connectivity index (χ1v) is 9.50. The number of aryl methyl sites for hydroxylation is 1. The van der Waals surface area contributed by atoms with Crippen LogP contribution in [0.3, 0.4) is 0 Å². The van der Waals surface area contributed by atoms with Crippen molar-refractivity contribution in [2.24, 2.45) is 0 Å². The lowest BCUT2D eigenvalue weighted by atomic mass is 10.0. The van der Waals surface area contributed by atoms with Crippen molar-refractivity contribution in [2.45, 2.75) is 6.92 Å². The number of amides is 2. The smallest absolute Gasteiger partial charge is 0.292 e. The van der Waals surface area contributed by atoms with Crippen molar-refractivity contribution >= 4 is 34.9 Å². The molecular weight excluding hydrogens is 378 g/mol. The van der Waals surface area contributed by atoms with Gasteiger partial charge in [-0.25, -0.2) is 0 Å². The van der Waals surface area contributed by atoms with E-state index in [-0.39, 0.29) is 12.5 Å². The normalized spacial score (nSPS) is 13.9. The Morgan fingerprint density at radius 3 is 2.29 bits per heavy atom. The van der Waals surface area contributed by atoms with Gasteiger partial charge in [-0.15, -0.1) is 0 Å². The molecule has 0 atom stereocenters. The topological polar surface area (TPSA) is 69.7 Å². The molecule has 0 aromatic heterocycles. The number of halogens is 1. The Labute approximate surface area is 169 Å². The van der Waals surface area contributed by atoms with Crippen LogP contribution in [0, 0.1) is 6.92 Å². The van der Waals surface area contributed by atoms with Gasteiger partial charge in [0.1, 0.15) is 0 Å². The Balaban J connectivity index is 1.50. The number of carbonyl (C=O) groups excluding carboxylic acids is 3. The molecule has 7 heteroatoms. The van der Waals surface area contributed by atoms with Crippen molar-refractivity contribution in [3.05, 3.63) is 64.7 Å². The SMILES string of the molecule is Cc1ccccc1C(=O)C(=O)NCC(=O)N1CCN(c2ccccc2Cl)CC1. The Kier molecular flexibility index (Phi) is 6.31. The number of anilines is 1. The molecule has 146 valence electrons. The van der Waals surface area contributed by atoms with E-state index < -0.39 is 11.7 Å². The second-order valence-electron chi connectivity index (χ2n) is 6.65. The average molecular weight is 400 g/mol. The number of para-hydroxylation sites is 1. The molecule has 1 saturated heterocycles. The summed E-state index contributed by atoms with van der Waals surface area (Å²) >= 11 is 6.23. The van der Waals surface area contributed by atoms with Gasteiger partial charge in [-0.05, 0) is 24.6 Å². The first-order valence-electron chi connectivity index (χ1n) is 9.13. The highest BCUT2D eigenvalue weighted by atomic mass is 35.5. The zero-order valence-electron chi connectivity index (χ0n) is 15.7. The van der Waals surface area contributed by atoms with Crippen LogP contribution in [0.4, 0.5) is 5.69 Å². The van der Waals surface area contributed by atoms with Gasteiger partial charge in [0.2, 0.25) is 11.7 Å². The molecule has 2 amide bonds. The first-order chi connectivity index (χ1) is 13.5. The third-order valence-corrected chi connectivity index (χ3v) is 5.14. The number of hydrogen-bond donors (Lipinski definition) is 1. The standard InChI is InChI=1S/C21H22ClN3O3/c1-15-6-2-3-7-16(15)20(27)21(28)23-14-19(26)25-12-10-24(11-13-25)18-9-5-4-8-17(18)22/h2-9H,10-14H2,1H3,(H,23,28). The van der Waals surface area contributed by atoms with Gasteiger partial charge in [0.05, 0.1) is 17.3 Å². The van der Waals surface area contributed by atoms with E-state index in [0.29, 0.717) is 36.8 Å². The number of ketones is 1. The van der Waals surface area contributed by atoms with Crippen LogP contribution in [0.1, 0.15) is 15.9 Å². The van der Waals surface area contributed by atoms with E-state index in [2.05, 4.69) is 10.2 Å². The maximum absolute atomic E-state index is 12.4. The number of benzene rings is 2. The van der Waals surface area contributed by atoms with Crippen molar-refractivity contribution in [1.29, 1.82) is 0 Å². The molecule has 0 aliphatic carbocycles. The molecule has 0 radical (unpaired) electrons. The summed E-state index contributed by atoms with van der Waals surface area (Å²) in [4.78, 5) is 40.5. The summed E-state index contributed by atoms with van der Waals surface area (Å²) < 4.78 is 0. The second-order valence-corrected chi connectivity index (χ2v) is 7.05. The first kappa shape index (κ1) is 19.9. The summed E-state index contributed by atoms with van der Waals surface area (Å²) in [6.45, 7) is 3.96. The molecule has 2 aromatic rings. The Morgan fingerprint density at radius 2 is 1.61 bits per heavy atom. The molecular formula is C21H22ClN3O3. The third-order valence-electron chi connectivity index (χ3n) is 4.82. The average Bonchev–Trinajstić information content (AvgIpc) is 2.72. The number of hydrogen-bond acceptors (Lipinski definition) is 4. The zero-order chi connectivity index (χ0) is 20.1. The van der Waals surface area contributed by atoms with Crippen LogP contribution >= 0.6 is 11.6 Å². The summed E-state index contributed by atoms with van der Waals surface area (Å²) in [5, 5.41) is 3.13. The highest BCUT2D eigenvalue weighted by Crippen LogP contribution is 2.25. The van der Waals surface area contributed by atoms with E-state index >= 15 is 0 Å². The predicted octanol–water partition coefficient (Wildman–Crippen LogP) is 2.30. The predicted molar refractivity (Wildman–Crippen MR) is 109 cm³/mol. The fourth-order valence-corrected chi connectivity index (χ4v) is 3.46. The van der Waals surface area contributed by atoms with Crippen LogP contribution in [0.5, 0.6) is 0 Å². The Bertz CT molecular complexity index is 892. The molecule has 28 heavy (non-hydrogen) atoms. The number of rotatable bonds is 5. The molecule has 1 N–H and O–H groups in total. The number of Topliss-reactive ketones (excluding diaryl/α,β-unsaturated/α-hetero) is 1. The number of piperazine rings is 1. The maximum atomic E-state index is 12.4. The summed E-state index contributed by atoms with van der Waals surface area (Å²) in [6, 6.07) is 14.5. The molecule has 0 saturated carbocycles. The molecule has 1 aliphatic heterocycles. The highest BCUT2D eigenvalue weighted by Gasteiger charge is 2.24. The molecule has 1 fully saturated rings.